The highest BCUT2D eigenvalue weighted by Gasteiger charge is 2.25. The lowest BCUT2D eigenvalue weighted by Gasteiger charge is -2.18. The molecule has 1 aromatic heterocycles. The van der Waals surface area contributed by atoms with Crippen molar-refractivity contribution < 1.29 is 23.9 Å². The summed E-state index contributed by atoms with van der Waals surface area (Å²) in [5.74, 6) is -2.03. The van der Waals surface area contributed by atoms with E-state index in [1.54, 1.807) is 30.1 Å². The second-order valence-corrected chi connectivity index (χ2v) is 8.92. The minimum Gasteiger partial charge on any atom is -0.467 e. The second-order valence-electron chi connectivity index (χ2n) is 8.11. The predicted octanol–water partition coefficient (Wildman–Crippen LogP) is 2.27. The number of imidazole rings is 1. The molecule has 0 saturated carbocycles. The number of amides is 2. The van der Waals surface area contributed by atoms with E-state index in [4.69, 9.17) is 43.8 Å². The summed E-state index contributed by atoms with van der Waals surface area (Å²) in [4.78, 5) is 41.9. The number of nitrogens with two attached hydrogens (primary N) is 1. The highest BCUT2D eigenvalue weighted by atomic mass is 35.5. The molecule has 38 heavy (non-hydrogen) atoms. The van der Waals surface area contributed by atoms with Gasteiger partial charge in [0.05, 0.1) is 46.7 Å². The van der Waals surface area contributed by atoms with Gasteiger partial charge in [-0.15, -0.1) is 0 Å². The van der Waals surface area contributed by atoms with E-state index in [-0.39, 0.29) is 47.0 Å². The minimum atomic E-state index is -1.17. The van der Waals surface area contributed by atoms with Crippen molar-refractivity contribution in [2.75, 3.05) is 26.1 Å². The number of halogens is 2. The average Bonchev–Trinajstić information content (AvgIpc) is 3.26. The van der Waals surface area contributed by atoms with Crippen LogP contribution < -0.4 is 21.7 Å². The molecule has 1 heterocycles. The molecule has 1 atom stereocenters. The van der Waals surface area contributed by atoms with Crippen LogP contribution >= 0.6 is 23.2 Å². The fourth-order valence-corrected chi connectivity index (χ4v) is 4.24. The van der Waals surface area contributed by atoms with Crippen LogP contribution in [0, 0.1) is 5.41 Å². The van der Waals surface area contributed by atoms with Crippen molar-refractivity contribution in [2.45, 2.75) is 25.6 Å². The number of hydrogen-bond donors (Lipinski definition) is 5. The highest BCUT2D eigenvalue weighted by Crippen LogP contribution is 2.25. The molecular formula is C24H27Cl2N7O5. The van der Waals surface area contributed by atoms with Crippen LogP contribution in [0.4, 0.5) is 5.69 Å². The number of fused-ring (bicyclic) bond motifs is 1. The summed E-state index contributed by atoms with van der Waals surface area (Å²) in [6, 6.07) is 7.00. The number of methoxy groups -OCH3 is 2. The number of anilines is 1. The van der Waals surface area contributed by atoms with Crippen molar-refractivity contribution in [3.63, 3.8) is 0 Å². The van der Waals surface area contributed by atoms with Crippen molar-refractivity contribution in [3.8, 4) is 0 Å². The SMILES string of the molecule is COCc1cc2ncn(CCC(=O)NC[C@H](NC(=O)c3c(Cl)cccc3Cl)C(=O)OC)c2cc1NC(=N)N. The number of ether oxygens (including phenoxy) is 2. The van der Waals surface area contributed by atoms with Gasteiger partial charge in [-0.05, 0) is 24.3 Å². The second kappa shape index (κ2) is 13.1. The molecule has 0 aliphatic carbocycles. The first-order chi connectivity index (χ1) is 18.1. The number of nitrogens with zero attached hydrogens (tertiary/aromatic N) is 2. The van der Waals surface area contributed by atoms with Gasteiger partial charge in [0.25, 0.3) is 5.91 Å². The summed E-state index contributed by atoms with van der Waals surface area (Å²) in [6.07, 6.45) is 1.65. The quantitative estimate of drug-likeness (QED) is 0.134. The van der Waals surface area contributed by atoms with Gasteiger partial charge in [0, 0.05) is 37.9 Å². The summed E-state index contributed by atoms with van der Waals surface area (Å²) in [5, 5.41) is 15.7. The number of aryl methyl sites for hydroxylation is 1. The summed E-state index contributed by atoms with van der Waals surface area (Å²) >= 11 is 12.1. The van der Waals surface area contributed by atoms with E-state index in [0.29, 0.717) is 17.8 Å². The van der Waals surface area contributed by atoms with E-state index in [0.717, 1.165) is 11.1 Å². The van der Waals surface area contributed by atoms with Crippen molar-refractivity contribution >= 4 is 63.7 Å². The molecule has 3 aromatic rings. The van der Waals surface area contributed by atoms with Gasteiger partial charge >= 0.3 is 5.97 Å². The lowest BCUT2D eigenvalue weighted by atomic mass is 10.1. The Morgan fingerprint density at radius 3 is 2.53 bits per heavy atom. The zero-order valence-corrected chi connectivity index (χ0v) is 22.2. The molecule has 0 aliphatic rings. The molecule has 0 unspecified atom stereocenters. The van der Waals surface area contributed by atoms with E-state index in [9.17, 15) is 14.4 Å². The van der Waals surface area contributed by atoms with Gasteiger partial charge in [0.1, 0.15) is 6.04 Å². The average molecular weight is 564 g/mol. The number of carbonyl (C=O) groups excluding carboxylic acids is 3. The maximum atomic E-state index is 12.7. The molecular weight excluding hydrogens is 537 g/mol. The Balaban J connectivity index is 1.65. The van der Waals surface area contributed by atoms with Gasteiger partial charge in [0.15, 0.2) is 5.96 Å². The number of carbonyl (C=O) groups is 3. The Hall–Kier alpha value is -3.87. The molecule has 202 valence electrons. The first kappa shape index (κ1) is 28.7. The Labute approximate surface area is 228 Å². The van der Waals surface area contributed by atoms with Crippen LogP contribution in [0.25, 0.3) is 11.0 Å². The molecule has 0 aliphatic heterocycles. The van der Waals surface area contributed by atoms with E-state index >= 15 is 0 Å². The molecule has 3 rings (SSSR count). The fourth-order valence-electron chi connectivity index (χ4n) is 3.67. The highest BCUT2D eigenvalue weighted by molar-refractivity contribution is 6.39. The third-order valence-corrected chi connectivity index (χ3v) is 6.11. The Kier molecular flexibility index (Phi) is 9.88. The number of benzene rings is 2. The molecule has 0 radical (unpaired) electrons. The van der Waals surface area contributed by atoms with Crippen molar-refractivity contribution in [2.24, 2.45) is 5.73 Å². The largest absolute Gasteiger partial charge is 0.467 e. The number of guanidine groups is 1. The molecule has 2 aromatic carbocycles. The number of nitrogens with one attached hydrogen (secondary N) is 4. The van der Waals surface area contributed by atoms with Crippen molar-refractivity contribution in [3.05, 3.63) is 57.8 Å². The molecule has 0 spiro atoms. The third-order valence-electron chi connectivity index (χ3n) is 5.48. The van der Waals surface area contributed by atoms with Crippen LogP contribution in [0.3, 0.4) is 0 Å². The van der Waals surface area contributed by atoms with Crippen LogP contribution in [0.5, 0.6) is 0 Å². The van der Waals surface area contributed by atoms with Gasteiger partial charge in [-0.1, -0.05) is 29.3 Å². The summed E-state index contributed by atoms with van der Waals surface area (Å²) in [7, 11) is 2.73. The molecule has 14 heteroatoms. The van der Waals surface area contributed by atoms with Gasteiger partial charge in [-0.3, -0.25) is 15.0 Å². The Morgan fingerprint density at radius 2 is 1.89 bits per heavy atom. The van der Waals surface area contributed by atoms with Gasteiger partial charge in [-0.25, -0.2) is 9.78 Å². The monoisotopic (exact) mass is 563 g/mol. The maximum absolute atomic E-state index is 12.7. The standard InChI is InChI=1S/C24H27Cl2N7O5/c1-37-11-13-8-17-19(9-16(13)32-24(27)28)33(12-30-17)7-6-20(34)29-10-18(23(36)38-2)31-22(35)21-14(25)4-3-5-15(21)26/h3-5,8-9,12,18H,6-7,10-11H2,1-2H3,(H,29,34)(H,31,35)(H4,27,28,32)/t18-/m0/s1. The normalized spacial score (nSPS) is 11.6. The van der Waals surface area contributed by atoms with E-state index < -0.39 is 17.9 Å². The lowest BCUT2D eigenvalue weighted by Crippen LogP contribution is -2.49. The van der Waals surface area contributed by atoms with Gasteiger partial charge < -0.3 is 35.7 Å². The zero-order valence-electron chi connectivity index (χ0n) is 20.6. The molecule has 0 fully saturated rings. The van der Waals surface area contributed by atoms with E-state index in [2.05, 4.69) is 20.9 Å². The predicted molar refractivity (Wildman–Crippen MR) is 143 cm³/mol. The number of rotatable bonds is 11. The van der Waals surface area contributed by atoms with Gasteiger partial charge in [0.2, 0.25) is 5.91 Å². The Morgan fingerprint density at radius 1 is 1.18 bits per heavy atom. The van der Waals surface area contributed by atoms with Crippen LogP contribution in [-0.4, -0.2) is 60.1 Å². The van der Waals surface area contributed by atoms with Crippen molar-refractivity contribution in [1.82, 2.24) is 20.2 Å². The van der Waals surface area contributed by atoms with Crippen LogP contribution in [0.1, 0.15) is 22.3 Å². The fraction of sp³-hybridized carbons (Fsp3) is 0.292. The molecule has 0 bridgehead atoms. The molecule has 12 nitrogen and oxygen atoms in total. The van der Waals surface area contributed by atoms with Crippen LogP contribution in [0.2, 0.25) is 10.0 Å². The third kappa shape index (κ3) is 7.12. The maximum Gasteiger partial charge on any atom is 0.330 e. The Bertz CT molecular complexity index is 1340. The lowest BCUT2D eigenvalue weighted by molar-refractivity contribution is -0.142. The number of aromatic nitrogens is 2. The topological polar surface area (TPSA) is 173 Å². The van der Waals surface area contributed by atoms with E-state index in [1.807, 2.05) is 6.07 Å². The number of esters is 1. The first-order valence-electron chi connectivity index (χ1n) is 11.3. The summed E-state index contributed by atoms with van der Waals surface area (Å²) in [5.41, 5.74) is 8.27. The minimum absolute atomic E-state index is 0.00957. The molecule has 0 saturated heterocycles. The summed E-state index contributed by atoms with van der Waals surface area (Å²) < 4.78 is 11.7. The van der Waals surface area contributed by atoms with E-state index in [1.165, 1.54) is 19.2 Å². The molecule has 6 N–H and O–H groups in total. The smallest absolute Gasteiger partial charge is 0.330 e. The molecule has 2 amide bonds. The first-order valence-corrected chi connectivity index (χ1v) is 12.1. The van der Waals surface area contributed by atoms with Gasteiger partial charge in [-0.2, -0.15) is 0 Å². The summed E-state index contributed by atoms with van der Waals surface area (Å²) in [6.45, 7) is 0.356. The number of hydrogen-bond acceptors (Lipinski definition) is 7. The van der Waals surface area contributed by atoms with Crippen LogP contribution in [-0.2, 0) is 32.2 Å². The van der Waals surface area contributed by atoms with Crippen molar-refractivity contribution in [1.29, 1.82) is 5.41 Å². The zero-order chi connectivity index (χ0) is 27.8. The van der Waals surface area contributed by atoms with Crippen LogP contribution in [0.15, 0.2) is 36.7 Å².